The van der Waals surface area contributed by atoms with Crippen molar-refractivity contribution in [3.8, 4) is 0 Å². The number of hydrogen-bond donors (Lipinski definition) is 1. The third-order valence-electron chi connectivity index (χ3n) is 3.92. The Kier molecular flexibility index (Phi) is 5.22. The van der Waals surface area contributed by atoms with E-state index >= 15 is 0 Å². The second-order valence-corrected chi connectivity index (χ2v) is 6.94. The number of thiophene rings is 1. The summed E-state index contributed by atoms with van der Waals surface area (Å²) in [5.41, 5.74) is 2.59. The lowest BCUT2D eigenvalue weighted by Gasteiger charge is -2.23. The van der Waals surface area contributed by atoms with Crippen LogP contribution < -0.4 is 5.32 Å². The van der Waals surface area contributed by atoms with Gasteiger partial charge in [-0.1, -0.05) is 27.2 Å². The molecule has 112 valence electrons. The van der Waals surface area contributed by atoms with E-state index in [1.165, 1.54) is 11.1 Å². The number of rotatable bonds is 6. The SMILES string of the molecule is CCCC1NC(CC(C)C)C(=O)N1Cc1cscc1C. The summed E-state index contributed by atoms with van der Waals surface area (Å²) >= 11 is 1.72. The zero-order valence-electron chi connectivity index (χ0n) is 13.0. The monoisotopic (exact) mass is 294 g/mol. The molecule has 1 amide bonds. The van der Waals surface area contributed by atoms with E-state index in [0.29, 0.717) is 5.92 Å². The fraction of sp³-hybridized carbons (Fsp3) is 0.688. The molecule has 1 aliphatic rings. The van der Waals surface area contributed by atoms with Gasteiger partial charge in [0, 0.05) is 6.54 Å². The fourth-order valence-electron chi connectivity index (χ4n) is 2.82. The molecule has 20 heavy (non-hydrogen) atoms. The molecule has 2 unspecified atom stereocenters. The molecule has 0 aliphatic carbocycles. The van der Waals surface area contributed by atoms with Gasteiger partial charge in [-0.3, -0.25) is 10.1 Å². The molecule has 0 bridgehead atoms. The Morgan fingerprint density at radius 3 is 2.70 bits per heavy atom. The van der Waals surface area contributed by atoms with Crippen molar-refractivity contribution >= 4 is 17.2 Å². The minimum absolute atomic E-state index is 0.00509. The van der Waals surface area contributed by atoms with E-state index in [4.69, 9.17) is 0 Å². The van der Waals surface area contributed by atoms with Crippen LogP contribution in [-0.2, 0) is 11.3 Å². The molecule has 1 saturated heterocycles. The van der Waals surface area contributed by atoms with Gasteiger partial charge in [-0.2, -0.15) is 11.3 Å². The third-order valence-corrected chi connectivity index (χ3v) is 4.83. The number of nitrogens with one attached hydrogen (secondary N) is 1. The van der Waals surface area contributed by atoms with Crippen molar-refractivity contribution in [3.05, 3.63) is 21.9 Å². The summed E-state index contributed by atoms with van der Waals surface area (Å²) in [4.78, 5) is 14.7. The van der Waals surface area contributed by atoms with E-state index in [0.717, 1.165) is 25.8 Å². The Bertz CT molecular complexity index is 455. The van der Waals surface area contributed by atoms with Crippen LogP contribution in [-0.4, -0.2) is 23.0 Å². The normalized spacial score (nSPS) is 23.1. The Hall–Kier alpha value is -0.870. The van der Waals surface area contributed by atoms with Gasteiger partial charge < -0.3 is 4.90 Å². The maximum Gasteiger partial charge on any atom is 0.241 e. The molecule has 1 aromatic rings. The summed E-state index contributed by atoms with van der Waals surface area (Å²) in [5.74, 6) is 0.823. The third kappa shape index (κ3) is 3.41. The molecule has 2 atom stereocenters. The van der Waals surface area contributed by atoms with Gasteiger partial charge in [0.1, 0.15) is 0 Å². The smallest absolute Gasteiger partial charge is 0.241 e. The minimum Gasteiger partial charge on any atom is -0.321 e. The van der Waals surface area contributed by atoms with Crippen LogP contribution in [0.15, 0.2) is 10.8 Å². The number of carbonyl (C=O) groups excluding carboxylic acids is 1. The topological polar surface area (TPSA) is 32.3 Å². The van der Waals surface area contributed by atoms with Crippen molar-refractivity contribution in [2.24, 2.45) is 5.92 Å². The summed E-state index contributed by atoms with van der Waals surface area (Å²) in [6.07, 6.45) is 3.26. The highest BCUT2D eigenvalue weighted by Crippen LogP contribution is 2.24. The molecule has 1 aromatic heterocycles. The minimum atomic E-state index is 0.00509. The average molecular weight is 294 g/mol. The second kappa shape index (κ2) is 6.72. The predicted molar refractivity (Wildman–Crippen MR) is 84.7 cm³/mol. The first-order valence-electron chi connectivity index (χ1n) is 7.61. The van der Waals surface area contributed by atoms with Crippen LogP contribution >= 0.6 is 11.3 Å². The highest BCUT2D eigenvalue weighted by atomic mass is 32.1. The molecule has 0 radical (unpaired) electrons. The van der Waals surface area contributed by atoms with Crippen molar-refractivity contribution in [1.82, 2.24) is 10.2 Å². The van der Waals surface area contributed by atoms with Gasteiger partial charge >= 0.3 is 0 Å². The van der Waals surface area contributed by atoms with Crippen molar-refractivity contribution in [3.63, 3.8) is 0 Å². The average Bonchev–Trinajstić information content (AvgIpc) is 2.89. The first-order valence-corrected chi connectivity index (χ1v) is 8.55. The van der Waals surface area contributed by atoms with E-state index in [1.54, 1.807) is 11.3 Å². The Labute approximate surface area is 126 Å². The highest BCUT2D eigenvalue weighted by Gasteiger charge is 2.38. The Morgan fingerprint density at radius 2 is 2.15 bits per heavy atom. The fourth-order valence-corrected chi connectivity index (χ4v) is 3.67. The maximum absolute atomic E-state index is 12.6. The van der Waals surface area contributed by atoms with Crippen LogP contribution in [0.5, 0.6) is 0 Å². The molecule has 0 aromatic carbocycles. The van der Waals surface area contributed by atoms with E-state index in [2.05, 4.69) is 43.8 Å². The number of amides is 1. The maximum atomic E-state index is 12.6. The second-order valence-electron chi connectivity index (χ2n) is 6.20. The van der Waals surface area contributed by atoms with Crippen molar-refractivity contribution < 1.29 is 4.79 Å². The van der Waals surface area contributed by atoms with Gasteiger partial charge in [0.05, 0.1) is 12.2 Å². The standard InChI is InChI=1S/C16H26N2OS/c1-5-6-15-17-14(7-11(2)3)16(19)18(15)8-13-10-20-9-12(13)4/h9-11,14-15,17H,5-8H2,1-4H3. The van der Waals surface area contributed by atoms with Gasteiger partial charge in [-0.25, -0.2) is 0 Å². The molecule has 1 fully saturated rings. The van der Waals surface area contributed by atoms with Crippen LogP contribution in [0.2, 0.25) is 0 Å². The number of nitrogens with zero attached hydrogens (tertiary/aromatic N) is 1. The number of carbonyl (C=O) groups is 1. The molecule has 4 heteroatoms. The summed E-state index contributed by atoms with van der Waals surface area (Å²) in [7, 11) is 0. The lowest BCUT2D eigenvalue weighted by Crippen LogP contribution is -2.36. The van der Waals surface area contributed by atoms with Gasteiger partial charge in [-0.05, 0) is 47.6 Å². The van der Waals surface area contributed by atoms with Crippen molar-refractivity contribution in [1.29, 1.82) is 0 Å². The molecule has 1 N–H and O–H groups in total. The molecule has 2 rings (SSSR count). The molecular weight excluding hydrogens is 268 g/mol. The van der Waals surface area contributed by atoms with Crippen LogP contribution in [0.25, 0.3) is 0 Å². The van der Waals surface area contributed by atoms with E-state index in [9.17, 15) is 4.79 Å². The summed E-state index contributed by atoms with van der Waals surface area (Å²) in [6, 6.07) is 0.00509. The Balaban J connectivity index is 2.11. The lowest BCUT2D eigenvalue weighted by molar-refractivity contribution is -0.131. The van der Waals surface area contributed by atoms with Crippen LogP contribution in [0.3, 0.4) is 0 Å². The first kappa shape index (κ1) is 15.5. The lowest BCUT2D eigenvalue weighted by atomic mass is 10.0. The summed E-state index contributed by atoms with van der Waals surface area (Å²) in [5, 5.41) is 7.86. The molecule has 0 spiro atoms. The van der Waals surface area contributed by atoms with Crippen LogP contribution in [0, 0.1) is 12.8 Å². The first-order chi connectivity index (χ1) is 9.52. The quantitative estimate of drug-likeness (QED) is 0.870. The van der Waals surface area contributed by atoms with Crippen LogP contribution in [0.4, 0.5) is 0 Å². The largest absolute Gasteiger partial charge is 0.321 e. The van der Waals surface area contributed by atoms with E-state index in [-0.39, 0.29) is 18.1 Å². The van der Waals surface area contributed by atoms with Gasteiger partial charge in [0.2, 0.25) is 5.91 Å². The zero-order valence-corrected chi connectivity index (χ0v) is 13.8. The molecule has 1 aliphatic heterocycles. The predicted octanol–water partition coefficient (Wildman–Crippen LogP) is 3.53. The van der Waals surface area contributed by atoms with Crippen LogP contribution in [0.1, 0.15) is 51.2 Å². The van der Waals surface area contributed by atoms with E-state index < -0.39 is 0 Å². The molecule has 3 nitrogen and oxygen atoms in total. The summed E-state index contributed by atoms with van der Waals surface area (Å²) in [6.45, 7) is 9.40. The number of hydrogen-bond acceptors (Lipinski definition) is 3. The van der Waals surface area contributed by atoms with Gasteiger partial charge in [-0.15, -0.1) is 0 Å². The number of aryl methyl sites for hydroxylation is 1. The highest BCUT2D eigenvalue weighted by molar-refractivity contribution is 7.08. The zero-order chi connectivity index (χ0) is 14.7. The van der Waals surface area contributed by atoms with Crippen molar-refractivity contribution in [2.75, 3.05) is 0 Å². The van der Waals surface area contributed by atoms with Gasteiger partial charge in [0.25, 0.3) is 0 Å². The van der Waals surface area contributed by atoms with E-state index in [1.807, 2.05) is 4.90 Å². The Morgan fingerprint density at radius 1 is 1.40 bits per heavy atom. The molecule has 2 heterocycles. The summed E-state index contributed by atoms with van der Waals surface area (Å²) < 4.78 is 0. The molecular formula is C16H26N2OS. The van der Waals surface area contributed by atoms with Crippen molar-refractivity contribution in [2.45, 2.75) is 65.7 Å². The van der Waals surface area contributed by atoms with Gasteiger partial charge in [0.15, 0.2) is 0 Å². The molecule has 0 saturated carbocycles.